The highest BCUT2D eigenvalue weighted by atomic mass is 79.9. The van der Waals surface area contributed by atoms with Crippen LogP contribution >= 0.6 is 15.9 Å². The standard InChI is InChI=1S/C16H24BrNO2/c1-3-4-5-6-7-12(2)18-14-11-16-15(10-13(14)17)19-8-9-20-16/h10-12,18H,3-9H2,1-2H3. The summed E-state index contributed by atoms with van der Waals surface area (Å²) < 4.78 is 12.2. The van der Waals surface area contributed by atoms with E-state index in [1.807, 2.05) is 12.1 Å². The maximum atomic E-state index is 5.63. The zero-order valence-corrected chi connectivity index (χ0v) is 14.0. The SMILES string of the molecule is CCCCCCC(C)Nc1cc2c(cc1Br)OCCO2. The van der Waals surface area contributed by atoms with Crippen molar-refractivity contribution < 1.29 is 9.47 Å². The number of hydrogen-bond donors (Lipinski definition) is 1. The Morgan fingerprint density at radius 3 is 2.55 bits per heavy atom. The number of rotatable bonds is 7. The molecule has 1 aromatic rings. The van der Waals surface area contributed by atoms with E-state index in [0.29, 0.717) is 19.3 Å². The van der Waals surface area contributed by atoms with Crippen molar-refractivity contribution in [3.05, 3.63) is 16.6 Å². The Kier molecular flexibility index (Phi) is 6.02. The number of anilines is 1. The summed E-state index contributed by atoms with van der Waals surface area (Å²) in [4.78, 5) is 0. The van der Waals surface area contributed by atoms with Crippen molar-refractivity contribution in [2.75, 3.05) is 18.5 Å². The Bertz CT molecular complexity index is 437. The first-order valence-electron chi connectivity index (χ1n) is 7.56. The molecule has 3 nitrogen and oxygen atoms in total. The van der Waals surface area contributed by atoms with Crippen molar-refractivity contribution in [1.82, 2.24) is 0 Å². The molecule has 1 atom stereocenters. The van der Waals surface area contributed by atoms with Gasteiger partial charge in [0.15, 0.2) is 11.5 Å². The molecule has 0 saturated carbocycles. The van der Waals surface area contributed by atoms with E-state index in [1.54, 1.807) is 0 Å². The molecule has 1 N–H and O–H groups in total. The molecule has 0 amide bonds. The van der Waals surface area contributed by atoms with E-state index < -0.39 is 0 Å². The third-order valence-corrected chi connectivity index (χ3v) is 4.18. The van der Waals surface area contributed by atoms with Crippen molar-refractivity contribution in [3.63, 3.8) is 0 Å². The highest BCUT2D eigenvalue weighted by Gasteiger charge is 2.15. The monoisotopic (exact) mass is 341 g/mol. The topological polar surface area (TPSA) is 30.5 Å². The van der Waals surface area contributed by atoms with Crippen molar-refractivity contribution in [3.8, 4) is 11.5 Å². The third-order valence-electron chi connectivity index (χ3n) is 3.52. The zero-order chi connectivity index (χ0) is 14.4. The van der Waals surface area contributed by atoms with Gasteiger partial charge in [-0.2, -0.15) is 0 Å². The molecule has 0 bridgehead atoms. The summed E-state index contributed by atoms with van der Waals surface area (Å²) in [7, 11) is 0. The summed E-state index contributed by atoms with van der Waals surface area (Å²) in [6.07, 6.45) is 6.42. The fourth-order valence-electron chi connectivity index (χ4n) is 2.39. The summed E-state index contributed by atoms with van der Waals surface area (Å²) in [6, 6.07) is 4.48. The highest BCUT2D eigenvalue weighted by molar-refractivity contribution is 9.10. The Morgan fingerprint density at radius 2 is 1.85 bits per heavy atom. The van der Waals surface area contributed by atoms with Crippen LogP contribution in [-0.2, 0) is 0 Å². The van der Waals surface area contributed by atoms with E-state index in [1.165, 1.54) is 32.1 Å². The molecular formula is C16H24BrNO2. The maximum Gasteiger partial charge on any atom is 0.163 e. The van der Waals surface area contributed by atoms with Crippen LogP contribution in [0.5, 0.6) is 11.5 Å². The molecule has 1 aromatic carbocycles. The van der Waals surface area contributed by atoms with E-state index in [0.717, 1.165) is 21.7 Å². The van der Waals surface area contributed by atoms with E-state index in [9.17, 15) is 0 Å². The molecule has 0 fully saturated rings. The minimum absolute atomic E-state index is 0.464. The minimum Gasteiger partial charge on any atom is -0.486 e. The average Bonchev–Trinajstić information content (AvgIpc) is 2.44. The number of hydrogen-bond acceptors (Lipinski definition) is 3. The van der Waals surface area contributed by atoms with Gasteiger partial charge in [-0.15, -0.1) is 0 Å². The minimum atomic E-state index is 0.464. The van der Waals surface area contributed by atoms with Crippen molar-refractivity contribution in [1.29, 1.82) is 0 Å². The average molecular weight is 342 g/mol. The molecule has 1 aliphatic heterocycles. The molecule has 1 aliphatic rings. The molecule has 1 heterocycles. The van der Waals surface area contributed by atoms with Crippen LogP contribution in [0.4, 0.5) is 5.69 Å². The second-order valence-corrected chi connectivity index (χ2v) is 6.22. The molecule has 1 unspecified atom stereocenters. The summed E-state index contributed by atoms with van der Waals surface area (Å²) in [6.45, 7) is 5.73. The highest BCUT2D eigenvalue weighted by Crippen LogP contribution is 2.38. The van der Waals surface area contributed by atoms with E-state index in [4.69, 9.17) is 9.47 Å². The molecule has 0 aromatic heterocycles. The molecule has 4 heteroatoms. The van der Waals surface area contributed by atoms with Crippen molar-refractivity contribution in [2.24, 2.45) is 0 Å². The largest absolute Gasteiger partial charge is 0.486 e. The van der Waals surface area contributed by atoms with Crippen molar-refractivity contribution in [2.45, 2.75) is 52.0 Å². The number of ether oxygens (including phenoxy) is 2. The van der Waals surface area contributed by atoms with Crippen LogP contribution in [0, 0.1) is 0 Å². The molecule has 20 heavy (non-hydrogen) atoms. The van der Waals surface area contributed by atoms with Gasteiger partial charge in [0.25, 0.3) is 0 Å². The molecule has 112 valence electrons. The van der Waals surface area contributed by atoms with Gasteiger partial charge < -0.3 is 14.8 Å². The van der Waals surface area contributed by atoms with Gasteiger partial charge in [-0.3, -0.25) is 0 Å². The van der Waals surface area contributed by atoms with Crippen LogP contribution in [0.25, 0.3) is 0 Å². The maximum absolute atomic E-state index is 5.63. The van der Waals surface area contributed by atoms with Gasteiger partial charge in [-0.25, -0.2) is 0 Å². The lowest BCUT2D eigenvalue weighted by atomic mass is 10.1. The van der Waals surface area contributed by atoms with Gasteiger partial charge in [-0.05, 0) is 29.3 Å². The van der Waals surface area contributed by atoms with Crippen LogP contribution in [-0.4, -0.2) is 19.3 Å². The smallest absolute Gasteiger partial charge is 0.163 e. The Morgan fingerprint density at radius 1 is 1.15 bits per heavy atom. The normalized spacial score (nSPS) is 14.9. The molecular weight excluding hydrogens is 318 g/mol. The fraction of sp³-hybridized carbons (Fsp3) is 0.625. The number of halogens is 1. The molecule has 2 rings (SSSR count). The van der Waals surface area contributed by atoms with Gasteiger partial charge in [-0.1, -0.05) is 32.6 Å². The number of unbranched alkanes of at least 4 members (excludes halogenated alkanes) is 3. The summed E-state index contributed by atoms with van der Waals surface area (Å²) >= 11 is 3.60. The number of benzene rings is 1. The lowest BCUT2D eigenvalue weighted by molar-refractivity contribution is 0.171. The Balaban J connectivity index is 1.91. The number of fused-ring (bicyclic) bond motifs is 1. The third kappa shape index (κ3) is 4.30. The van der Waals surface area contributed by atoms with Gasteiger partial charge >= 0.3 is 0 Å². The first kappa shape index (κ1) is 15.5. The quantitative estimate of drug-likeness (QED) is 0.708. The second kappa shape index (κ2) is 7.77. The van der Waals surface area contributed by atoms with Gasteiger partial charge in [0.2, 0.25) is 0 Å². The fourth-order valence-corrected chi connectivity index (χ4v) is 2.83. The molecule has 0 spiro atoms. The van der Waals surface area contributed by atoms with E-state index in [-0.39, 0.29) is 0 Å². The van der Waals surface area contributed by atoms with Gasteiger partial charge in [0.05, 0.1) is 5.69 Å². The Hall–Kier alpha value is -0.900. The van der Waals surface area contributed by atoms with E-state index in [2.05, 4.69) is 35.1 Å². The van der Waals surface area contributed by atoms with Crippen LogP contribution in [0.3, 0.4) is 0 Å². The van der Waals surface area contributed by atoms with E-state index >= 15 is 0 Å². The first-order valence-corrected chi connectivity index (χ1v) is 8.35. The van der Waals surface area contributed by atoms with Crippen molar-refractivity contribution >= 4 is 21.6 Å². The predicted octanol–water partition coefficient (Wildman–Crippen LogP) is 4.99. The lowest BCUT2D eigenvalue weighted by Crippen LogP contribution is -2.18. The summed E-state index contributed by atoms with van der Waals surface area (Å²) in [5.74, 6) is 1.66. The first-order chi connectivity index (χ1) is 9.70. The summed E-state index contributed by atoms with van der Waals surface area (Å²) in [5.41, 5.74) is 1.08. The number of nitrogens with one attached hydrogen (secondary N) is 1. The van der Waals surface area contributed by atoms with Crippen LogP contribution in [0.15, 0.2) is 16.6 Å². The van der Waals surface area contributed by atoms with Gasteiger partial charge in [0, 0.05) is 22.6 Å². The summed E-state index contributed by atoms with van der Waals surface area (Å²) in [5, 5.41) is 3.55. The second-order valence-electron chi connectivity index (χ2n) is 5.37. The van der Waals surface area contributed by atoms with Crippen LogP contribution in [0.2, 0.25) is 0 Å². The Labute approximate surface area is 130 Å². The van der Waals surface area contributed by atoms with Crippen LogP contribution < -0.4 is 14.8 Å². The molecule has 0 saturated heterocycles. The molecule has 0 radical (unpaired) electrons. The van der Waals surface area contributed by atoms with Gasteiger partial charge in [0.1, 0.15) is 13.2 Å². The van der Waals surface area contributed by atoms with Crippen LogP contribution in [0.1, 0.15) is 46.0 Å². The molecule has 0 aliphatic carbocycles. The predicted molar refractivity (Wildman–Crippen MR) is 87.0 cm³/mol. The lowest BCUT2D eigenvalue weighted by Gasteiger charge is -2.22. The zero-order valence-electron chi connectivity index (χ0n) is 12.4.